The Bertz CT molecular complexity index is 396. The molecule has 1 saturated heterocycles. The smallest absolute Gasteiger partial charge is 0.0953 e. The maximum absolute atomic E-state index is 6.24. The van der Waals surface area contributed by atoms with Gasteiger partial charge in [0.15, 0.2) is 0 Å². The molecule has 1 aliphatic rings. The molecule has 1 fully saturated rings. The topological polar surface area (TPSA) is 21.3 Å². The maximum Gasteiger partial charge on any atom is 0.0953 e. The fourth-order valence-corrected chi connectivity index (χ4v) is 2.90. The summed E-state index contributed by atoms with van der Waals surface area (Å²) < 4.78 is 6.24. The van der Waals surface area contributed by atoms with E-state index in [1.165, 1.54) is 11.1 Å². The van der Waals surface area contributed by atoms with Crippen LogP contribution in [0.2, 0.25) is 0 Å². The molecular weight excluding hydrogens is 246 g/mol. The minimum atomic E-state index is 0.209. The highest BCUT2D eigenvalue weighted by atomic mass is 16.5. The zero-order chi connectivity index (χ0) is 14.5. The molecule has 1 aromatic carbocycles. The van der Waals surface area contributed by atoms with Crippen molar-refractivity contribution >= 4 is 0 Å². The van der Waals surface area contributed by atoms with Gasteiger partial charge in [0.25, 0.3) is 0 Å². The minimum absolute atomic E-state index is 0.209. The van der Waals surface area contributed by atoms with Crippen molar-refractivity contribution < 1.29 is 4.74 Å². The van der Waals surface area contributed by atoms with E-state index in [1.807, 2.05) is 0 Å². The van der Waals surface area contributed by atoms with E-state index in [-0.39, 0.29) is 6.10 Å². The van der Waals surface area contributed by atoms with Crippen LogP contribution < -0.4 is 5.32 Å². The van der Waals surface area contributed by atoms with E-state index >= 15 is 0 Å². The quantitative estimate of drug-likeness (QED) is 0.878. The summed E-state index contributed by atoms with van der Waals surface area (Å²) in [5, 5.41) is 3.51. The van der Waals surface area contributed by atoms with Gasteiger partial charge in [-0.3, -0.25) is 0 Å². The lowest BCUT2D eigenvalue weighted by Gasteiger charge is -2.32. The number of hydrogen-bond donors (Lipinski definition) is 1. The predicted molar refractivity (Wildman–Crippen MR) is 84.9 cm³/mol. The number of benzene rings is 1. The highest BCUT2D eigenvalue weighted by Gasteiger charge is 2.23. The van der Waals surface area contributed by atoms with Crippen molar-refractivity contribution in [2.24, 2.45) is 11.8 Å². The molecule has 2 nitrogen and oxygen atoms in total. The van der Waals surface area contributed by atoms with Crippen LogP contribution in [0.1, 0.15) is 51.3 Å². The molecule has 0 amide bonds. The number of hydrogen-bond acceptors (Lipinski definition) is 2. The summed E-state index contributed by atoms with van der Waals surface area (Å²) in [5.74, 6) is 1.40. The van der Waals surface area contributed by atoms with Crippen molar-refractivity contribution in [1.82, 2.24) is 5.32 Å². The Morgan fingerprint density at radius 1 is 1.05 bits per heavy atom. The molecule has 0 aromatic heterocycles. The van der Waals surface area contributed by atoms with Gasteiger partial charge < -0.3 is 10.1 Å². The average molecular weight is 275 g/mol. The minimum Gasteiger partial charge on any atom is -0.368 e. The first-order valence-electron chi connectivity index (χ1n) is 7.99. The van der Waals surface area contributed by atoms with E-state index in [2.05, 4.69) is 57.3 Å². The molecule has 0 bridgehead atoms. The Morgan fingerprint density at radius 2 is 1.75 bits per heavy atom. The third kappa shape index (κ3) is 4.60. The first-order chi connectivity index (χ1) is 9.54. The highest BCUT2D eigenvalue weighted by molar-refractivity contribution is 5.25. The summed E-state index contributed by atoms with van der Waals surface area (Å²) in [7, 11) is 0. The van der Waals surface area contributed by atoms with Crippen molar-refractivity contribution in [3.8, 4) is 0 Å². The van der Waals surface area contributed by atoms with Gasteiger partial charge in [-0.15, -0.1) is 0 Å². The van der Waals surface area contributed by atoms with Gasteiger partial charge in [0, 0.05) is 13.1 Å². The van der Waals surface area contributed by atoms with Gasteiger partial charge in [0.05, 0.1) is 12.2 Å². The van der Waals surface area contributed by atoms with Crippen LogP contribution in [0.15, 0.2) is 24.3 Å². The average Bonchev–Trinajstić information content (AvgIpc) is 2.38. The van der Waals surface area contributed by atoms with Crippen LogP contribution in [0, 0.1) is 11.8 Å². The molecule has 0 radical (unpaired) electrons. The van der Waals surface area contributed by atoms with Crippen molar-refractivity contribution in [2.45, 2.75) is 52.7 Å². The van der Waals surface area contributed by atoms with Gasteiger partial charge in [0.2, 0.25) is 0 Å². The summed E-state index contributed by atoms with van der Waals surface area (Å²) in [6.45, 7) is 11.0. The third-order valence-corrected chi connectivity index (χ3v) is 3.79. The Hall–Kier alpha value is -0.860. The first-order valence-corrected chi connectivity index (χ1v) is 7.99. The lowest BCUT2D eigenvalue weighted by Crippen LogP contribution is -2.41. The van der Waals surface area contributed by atoms with Crippen LogP contribution in [0.5, 0.6) is 0 Å². The lowest BCUT2D eigenvalue weighted by atomic mass is 9.99. The summed E-state index contributed by atoms with van der Waals surface area (Å²) in [5.41, 5.74) is 2.73. The van der Waals surface area contributed by atoms with E-state index in [1.54, 1.807) is 0 Å². The lowest BCUT2D eigenvalue weighted by molar-refractivity contribution is -0.0474. The van der Waals surface area contributed by atoms with Crippen LogP contribution in [0.3, 0.4) is 0 Å². The second-order valence-corrected chi connectivity index (χ2v) is 6.87. The number of morpholine rings is 1. The van der Waals surface area contributed by atoms with Crippen molar-refractivity contribution in [3.63, 3.8) is 0 Å². The number of rotatable bonds is 5. The van der Waals surface area contributed by atoms with Crippen molar-refractivity contribution in [3.05, 3.63) is 35.4 Å². The number of ether oxygens (including phenoxy) is 1. The second-order valence-electron chi connectivity index (χ2n) is 6.87. The summed E-state index contributed by atoms with van der Waals surface area (Å²) >= 11 is 0. The van der Waals surface area contributed by atoms with E-state index < -0.39 is 0 Å². The molecule has 112 valence electrons. The van der Waals surface area contributed by atoms with Crippen LogP contribution >= 0.6 is 0 Å². The van der Waals surface area contributed by atoms with Gasteiger partial charge in [-0.05, 0) is 35.8 Å². The van der Waals surface area contributed by atoms with Gasteiger partial charge in [0.1, 0.15) is 0 Å². The molecule has 1 N–H and O–H groups in total. The summed E-state index contributed by atoms with van der Waals surface area (Å²) in [6, 6.07) is 8.99. The molecule has 20 heavy (non-hydrogen) atoms. The Balaban J connectivity index is 1.96. The molecule has 1 aliphatic heterocycles. The monoisotopic (exact) mass is 275 g/mol. The van der Waals surface area contributed by atoms with Gasteiger partial charge >= 0.3 is 0 Å². The zero-order valence-electron chi connectivity index (χ0n) is 13.4. The molecule has 2 unspecified atom stereocenters. The van der Waals surface area contributed by atoms with E-state index in [4.69, 9.17) is 4.74 Å². The van der Waals surface area contributed by atoms with Crippen LogP contribution in [0.4, 0.5) is 0 Å². The van der Waals surface area contributed by atoms with Gasteiger partial charge in [-0.25, -0.2) is 0 Å². The summed E-state index contributed by atoms with van der Waals surface area (Å²) in [4.78, 5) is 0. The molecule has 0 saturated carbocycles. The largest absolute Gasteiger partial charge is 0.368 e. The molecule has 0 spiro atoms. The van der Waals surface area contributed by atoms with E-state index in [0.29, 0.717) is 17.9 Å². The van der Waals surface area contributed by atoms with Crippen LogP contribution in [0.25, 0.3) is 0 Å². The van der Waals surface area contributed by atoms with Crippen molar-refractivity contribution in [2.75, 3.05) is 13.1 Å². The number of nitrogens with one attached hydrogen (secondary N) is 1. The van der Waals surface area contributed by atoms with Crippen LogP contribution in [-0.4, -0.2) is 19.2 Å². The van der Waals surface area contributed by atoms with Gasteiger partial charge in [-0.1, -0.05) is 52.0 Å². The SMILES string of the molecule is CC(C)Cc1ccc(C2CNCC(CC(C)C)O2)cc1. The Labute approximate surface area is 123 Å². The Morgan fingerprint density at radius 3 is 2.35 bits per heavy atom. The van der Waals surface area contributed by atoms with E-state index in [9.17, 15) is 0 Å². The maximum atomic E-state index is 6.24. The molecule has 2 heteroatoms. The molecule has 0 aliphatic carbocycles. The fourth-order valence-electron chi connectivity index (χ4n) is 2.90. The van der Waals surface area contributed by atoms with Crippen LogP contribution in [-0.2, 0) is 11.2 Å². The first kappa shape index (κ1) is 15.5. The Kier molecular flexibility index (Phi) is 5.62. The predicted octanol–water partition coefficient (Wildman–Crippen LogP) is 3.96. The summed E-state index contributed by atoms with van der Waals surface area (Å²) in [6.07, 6.45) is 2.85. The normalized spacial score (nSPS) is 23.5. The fraction of sp³-hybridized carbons (Fsp3) is 0.667. The van der Waals surface area contributed by atoms with Crippen molar-refractivity contribution in [1.29, 1.82) is 0 Å². The molecule has 1 aromatic rings. The zero-order valence-corrected chi connectivity index (χ0v) is 13.4. The standard InChI is InChI=1S/C18H29NO/c1-13(2)9-15-5-7-16(8-6-15)18-12-19-11-17(20-18)10-14(3)4/h5-8,13-14,17-19H,9-12H2,1-4H3. The third-order valence-electron chi connectivity index (χ3n) is 3.79. The van der Waals surface area contributed by atoms with Gasteiger partial charge in [-0.2, -0.15) is 0 Å². The molecule has 1 heterocycles. The molecule has 2 rings (SSSR count). The van der Waals surface area contributed by atoms with E-state index in [0.717, 1.165) is 25.9 Å². The highest BCUT2D eigenvalue weighted by Crippen LogP contribution is 2.24. The second kappa shape index (κ2) is 7.24. The molecule has 2 atom stereocenters. The molecular formula is C18H29NO.